The Hall–Kier alpha value is -1.89. The molecule has 3 N–H and O–H groups in total. The first-order valence-electron chi connectivity index (χ1n) is 7.41. The zero-order valence-electron chi connectivity index (χ0n) is 14.1. The summed E-state index contributed by atoms with van der Waals surface area (Å²) in [7, 11) is -4.78. The first-order chi connectivity index (χ1) is 11.8. The van der Waals surface area contributed by atoms with Gasteiger partial charge in [-0.3, -0.25) is 14.1 Å². The lowest BCUT2D eigenvalue weighted by molar-refractivity contribution is -0.166. The van der Waals surface area contributed by atoms with Crippen molar-refractivity contribution in [2.45, 2.75) is 38.8 Å². The summed E-state index contributed by atoms with van der Waals surface area (Å²) in [4.78, 5) is 36.3. The van der Waals surface area contributed by atoms with Crippen molar-refractivity contribution in [3.05, 3.63) is 22.2 Å². The number of hydrogen-bond donors (Lipinski definition) is 3. The maximum absolute atomic E-state index is 12.4. The van der Waals surface area contributed by atoms with Crippen molar-refractivity contribution in [2.24, 2.45) is 5.92 Å². The molecule has 10 nitrogen and oxygen atoms in total. The number of thioether (sulfide) groups is 1. The minimum Gasteiger partial charge on any atom is -0.477 e. The van der Waals surface area contributed by atoms with Gasteiger partial charge >= 0.3 is 16.4 Å². The molecule has 0 spiro atoms. The van der Waals surface area contributed by atoms with Gasteiger partial charge in [-0.15, -0.1) is 0 Å². The molecule has 0 bridgehead atoms. The highest BCUT2D eigenvalue weighted by atomic mass is 32.3. The highest BCUT2D eigenvalue weighted by Gasteiger charge is 2.61. The van der Waals surface area contributed by atoms with Crippen molar-refractivity contribution in [1.82, 2.24) is 10.2 Å². The Labute approximate surface area is 154 Å². The molecule has 2 rings (SSSR count). The van der Waals surface area contributed by atoms with Crippen LogP contribution in [0.25, 0.3) is 0 Å². The summed E-state index contributed by atoms with van der Waals surface area (Å²) in [5, 5.41) is 13.3. The molecule has 0 aromatic carbocycles. The highest BCUT2D eigenvalue weighted by molar-refractivity contribution is 8.05. The van der Waals surface area contributed by atoms with Gasteiger partial charge in [-0.25, -0.2) is 8.98 Å². The number of aliphatic carboxylic acids is 1. The van der Waals surface area contributed by atoms with Crippen molar-refractivity contribution < 1.29 is 36.6 Å². The van der Waals surface area contributed by atoms with E-state index in [1.807, 2.05) is 0 Å². The zero-order valence-corrected chi connectivity index (χ0v) is 15.8. The molecule has 0 saturated carbocycles. The Morgan fingerprint density at radius 1 is 1.42 bits per heavy atom. The van der Waals surface area contributed by atoms with Gasteiger partial charge in [0.2, 0.25) is 11.8 Å². The van der Waals surface area contributed by atoms with Gasteiger partial charge in [0.05, 0.1) is 17.6 Å². The van der Waals surface area contributed by atoms with Crippen molar-refractivity contribution in [3.8, 4) is 0 Å². The Bertz CT molecular complexity index is 815. The van der Waals surface area contributed by atoms with Crippen LogP contribution in [-0.2, 0) is 29.0 Å². The van der Waals surface area contributed by atoms with E-state index in [1.54, 1.807) is 0 Å². The lowest BCUT2D eigenvalue weighted by atomic mass is 9.76. The van der Waals surface area contributed by atoms with Crippen LogP contribution in [0.2, 0.25) is 0 Å². The van der Waals surface area contributed by atoms with Crippen LogP contribution in [0.3, 0.4) is 0 Å². The van der Waals surface area contributed by atoms with Crippen molar-refractivity contribution in [2.75, 3.05) is 0 Å². The van der Waals surface area contributed by atoms with Gasteiger partial charge in [0.1, 0.15) is 5.70 Å². The van der Waals surface area contributed by atoms with Crippen molar-refractivity contribution in [1.29, 1.82) is 0 Å². The van der Waals surface area contributed by atoms with Crippen LogP contribution in [0, 0.1) is 5.92 Å². The van der Waals surface area contributed by atoms with E-state index in [4.69, 9.17) is 4.55 Å². The molecule has 0 aromatic heterocycles. The molecular weight excluding hydrogens is 388 g/mol. The van der Waals surface area contributed by atoms with E-state index >= 15 is 0 Å². The summed E-state index contributed by atoms with van der Waals surface area (Å²) in [6.45, 7) is 3.99. The Balaban J connectivity index is 2.21. The van der Waals surface area contributed by atoms with Gasteiger partial charge in [-0.2, -0.15) is 8.42 Å². The maximum atomic E-state index is 12.4. The predicted octanol–water partition coefficient (Wildman–Crippen LogP) is 0.452. The molecule has 1 fully saturated rings. The van der Waals surface area contributed by atoms with Gasteiger partial charge < -0.3 is 15.3 Å². The third-order valence-electron chi connectivity index (χ3n) is 3.96. The van der Waals surface area contributed by atoms with E-state index in [9.17, 15) is 27.9 Å². The fourth-order valence-electron chi connectivity index (χ4n) is 3.13. The first-order valence-corrected chi connectivity index (χ1v) is 9.66. The second-order valence-electron chi connectivity index (χ2n) is 6.27. The number of hydrogen-bond acceptors (Lipinski definition) is 7. The molecule has 2 amide bonds. The van der Waals surface area contributed by atoms with Crippen molar-refractivity contribution >= 4 is 39.9 Å². The number of carboxylic acid groups (broad SMARTS) is 1. The number of rotatable bonds is 7. The number of carbonyl (C=O) groups is 3. The molecule has 144 valence electrons. The average molecular weight is 406 g/mol. The third kappa shape index (κ3) is 4.09. The summed E-state index contributed by atoms with van der Waals surface area (Å²) in [5.74, 6) is -3.11. The molecule has 1 saturated heterocycles. The smallest absolute Gasteiger partial charge is 0.397 e. The first kappa shape index (κ1) is 20.4. The van der Waals surface area contributed by atoms with E-state index in [-0.39, 0.29) is 18.0 Å². The maximum Gasteiger partial charge on any atom is 0.397 e. The quantitative estimate of drug-likeness (QED) is 0.404. The highest BCUT2D eigenvalue weighted by Crippen LogP contribution is 2.50. The summed E-state index contributed by atoms with van der Waals surface area (Å²) in [6.07, 6.45) is 1.53. The number of amides is 2. The minimum atomic E-state index is -4.78. The number of carboxylic acids is 1. The monoisotopic (exact) mass is 406 g/mol. The van der Waals surface area contributed by atoms with E-state index in [2.05, 4.69) is 9.50 Å². The van der Waals surface area contributed by atoms with Crippen LogP contribution < -0.4 is 5.32 Å². The minimum absolute atomic E-state index is 0.184. The molecule has 0 unspecified atom stereocenters. The van der Waals surface area contributed by atoms with Crippen LogP contribution >= 0.6 is 11.8 Å². The lowest BCUT2D eigenvalue weighted by Crippen LogP contribution is -2.66. The summed E-state index contributed by atoms with van der Waals surface area (Å²) >= 11 is 1.04. The SMILES string of the molecule is CC(=O)N/C=C/SC1=C(C(=O)O)N2C(=O)[C@H](C(C)(C)OS(=O)(=O)O)[C@H]2C1. The van der Waals surface area contributed by atoms with Gasteiger partial charge in [-0.1, -0.05) is 11.8 Å². The molecule has 12 heteroatoms. The van der Waals surface area contributed by atoms with Gasteiger partial charge in [0, 0.05) is 24.4 Å². The molecule has 2 aliphatic rings. The van der Waals surface area contributed by atoms with Gasteiger partial charge in [0.25, 0.3) is 0 Å². The van der Waals surface area contributed by atoms with E-state index in [0.29, 0.717) is 4.91 Å². The topological polar surface area (TPSA) is 150 Å². The fourth-order valence-corrected chi connectivity index (χ4v) is 4.64. The number of β-lactam (4-membered cyclic amide) rings is 1. The number of fused-ring (bicyclic) bond motifs is 1. The standard InChI is InChI=1S/C14H18N2O8S2/c1-7(17)15-4-5-25-9-6-8-10(14(2,3)24-26(21,22)23)12(18)16(8)11(9)13(19)20/h4-5,8,10H,6H2,1-3H3,(H,15,17)(H,19,20)(H,21,22,23)/b5-4+/t8-,10-/m1/s1. The van der Waals surface area contributed by atoms with Crippen LogP contribution in [0.4, 0.5) is 0 Å². The average Bonchev–Trinajstić information content (AvgIpc) is 2.74. The van der Waals surface area contributed by atoms with Crippen LogP contribution in [-0.4, -0.2) is 52.4 Å². The zero-order chi connectivity index (χ0) is 19.9. The number of nitrogens with zero attached hydrogens (tertiary/aromatic N) is 1. The Kier molecular flexibility index (Phi) is 5.52. The van der Waals surface area contributed by atoms with Crippen LogP contribution in [0.5, 0.6) is 0 Å². The normalized spacial score (nSPS) is 23.2. The molecule has 2 heterocycles. The van der Waals surface area contributed by atoms with Crippen molar-refractivity contribution in [3.63, 3.8) is 0 Å². The molecule has 0 aliphatic carbocycles. The van der Waals surface area contributed by atoms with E-state index in [1.165, 1.54) is 32.4 Å². The van der Waals surface area contributed by atoms with Gasteiger partial charge in [0.15, 0.2) is 0 Å². The summed E-state index contributed by atoms with van der Waals surface area (Å²) in [6, 6.07) is -0.595. The number of carbonyl (C=O) groups excluding carboxylic acids is 2. The van der Waals surface area contributed by atoms with E-state index < -0.39 is 39.8 Å². The molecular formula is C14H18N2O8S2. The van der Waals surface area contributed by atoms with Crippen LogP contribution in [0.1, 0.15) is 27.2 Å². The second kappa shape index (κ2) is 7.02. The molecule has 26 heavy (non-hydrogen) atoms. The molecule has 2 atom stereocenters. The molecule has 2 aliphatic heterocycles. The lowest BCUT2D eigenvalue weighted by Gasteiger charge is -2.49. The Morgan fingerprint density at radius 2 is 2.04 bits per heavy atom. The largest absolute Gasteiger partial charge is 0.477 e. The third-order valence-corrected chi connectivity index (χ3v) is 5.51. The van der Waals surface area contributed by atoms with Crippen LogP contribution in [0.15, 0.2) is 22.2 Å². The predicted molar refractivity (Wildman–Crippen MR) is 90.7 cm³/mol. The summed E-state index contributed by atoms with van der Waals surface area (Å²) < 4.78 is 35.5. The van der Waals surface area contributed by atoms with E-state index in [0.717, 1.165) is 16.7 Å². The summed E-state index contributed by atoms with van der Waals surface area (Å²) in [5.41, 5.74) is -1.72. The second-order valence-corrected chi connectivity index (χ2v) is 8.29. The fraction of sp³-hybridized carbons (Fsp3) is 0.500. The number of nitrogens with one attached hydrogen (secondary N) is 1. The Morgan fingerprint density at radius 3 is 2.54 bits per heavy atom. The molecule has 0 radical (unpaired) electrons. The van der Waals surface area contributed by atoms with Gasteiger partial charge in [-0.05, 0) is 19.3 Å². The molecule has 0 aromatic rings.